The Kier molecular flexibility index (Phi) is 4.71. The maximum atomic E-state index is 12.5. The summed E-state index contributed by atoms with van der Waals surface area (Å²) in [6, 6.07) is 11.5. The number of sulfonamides is 1. The van der Waals surface area contributed by atoms with E-state index in [1.807, 2.05) is 0 Å². The van der Waals surface area contributed by atoms with E-state index in [0.29, 0.717) is 5.69 Å². The molecule has 0 bridgehead atoms. The first kappa shape index (κ1) is 18.6. The van der Waals surface area contributed by atoms with Crippen molar-refractivity contribution >= 4 is 39.1 Å². The van der Waals surface area contributed by atoms with E-state index < -0.39 is 33.8 Å². The van der Waals surface area contributed by atoms with Crippen molar-refractivity contribution in [3.8, 4) is 0 Å². The number of amides is 3. The number of carbonyl (C=O) groups is 3. The Morgan fingerprint density at radius 3 is 2.07 bits per heavy atom. The molecule has 0 aromatic heterocycles. The number of anilines is 2. The summed E-state index contributed by atoms with van der Waals surface area (Å²) in [5.74, 6) is -1.61. The molecule has 1 aliphatic rings. The van der Waals surface area contributed by atoms with Gasteiger partial charge < -0.3 is 5.32 Å². The van der Waals surface area contributed by atoms with Gasteiger partial charge in [0, 0.05) is 5.69 Å². The summed E-state index contributed by atoms with van der Waals surface area (Å²) < 4.78 is 24.9. The number of rotatable bonds is 5. The van der Waals surface area contributed by atoms with E-state index in [-0.39, 0.29) is 16.8 Å². The predicted octanol–water partition coefficient (Wildman–Crippen LogP) is 1.68. The maximum absolute atomic E-state index is 12.5. The van der Waals surface area contributed by atoms with E-state index in [1.165, 1.54) is 19.1 Å². The number of benzene rings is 2. The summed E-state index contributed by atoms with van der Waals surface area (Å²) in [5, 5.41) is 2.59. The molecule has 1 heterocycles. The van der Waals surface area contributed by atoms with Gasteiger partial charge in [-0.2, -0.15) is 0 Å². The van der Waals surface area contributed by atoms with Crippen molar-refractivity contribution in [2.24, 2.45) is 0 Å². The molecule has 3 rings (SSSR count). The average molecular weight is 387 g/mol. The SMILES string of the molecule is C[C@H](C(=O)Nc1cccc(NS(C)(=O)=O)c1)N1C(=O)c2ccccc2C1=O. The molecule has 140 valence electrons. The highest BCUT2D eigenvalue weighted by atomic mass is 32.2. The minimum Gasteiger partial charge on any atom is -0.324 e. The summed E-state index contributed by atoms with van der Waals surface area (Å²) in [6.45, 7) is 1.45. The summed E-state index contributed by atoms with van der Waals surface area (Å²) in [5.41, 5.74) is 1.14. The number of imide groups is 1. The fourth-order valence-electron chi connectivity index (χ4n) is 2.80. The first-order valence-electron chi connectivity index (χ1n) is 8.03. The Bertz CT molecular complexity index is 1010. The largest absolute Gasteiger partial charge is 0.324 e. The van der Waals surface area contributed by atoms with Gasteiger partial charge in [-0.15, -0.1) is 0 Å². The number of hydrogen-bond donors (Lipinski definition) is 2. The molecular weight excluding hydrogens is 370 g/mol. The van der Waals surface area contributed by atoms with Gasteiger partial charge in [-0.25, -0.2) is 8.42 Å². The minimum absolute atomic E-state index is 0.265. The Morgan fingerprint density at radius 1 is 0.963 bits per heavy atom. The molecular formula is C18H17N3O5S. The van der Waals surface area contributed by atoms with Gasteiger partial charge in [0.1, 0.15) is 6.04 Å². The molecule has 27 heavy (non-hydrogen) atoms. The van der Waals surface area contributed by atoms with Crippen molar-refractivity contribution in [3.05, 3.63) is 59.7 Å². The first-order valence-corrected chi connectivity index (χ1v) is 9.92. The molecule has 8 nitrogen and oxygen atoms in total. The fraction of sp³-hybridized carbons (Fsp3) is 0.167. The van der Waals surface area contributed by atoms with Crippen LogP contribution in [-0.2, 0) is 14.8 Å². The van der Waals surface area contributed by atoms with Crippen LogP contribution < -0.4 is 10.0 Å². The van der Waals surface area contributed by atoms with Crippen LogP contribution in [0.2, 0.25) is 0 Å². The van der Waals surface area contributed by atoms with Gasteiger partial charge in [0.05, 0.1) is 23.1 Å². The molecule has 0 saturated carbocycles. The molecule has 0 fully saturated rings. The average Bonchev–Trinajstić information content (AvgIpc) is 2.84. The topological polar surface area (TPSA) is 113 Å². The van der Waals surface area contributed by atoms with Gasteiger partial charge in [0.2, 0.25) is 15.9 Å². The second-order valence-electron chi connectivity index (χ2n) is 6.15. The summed E-state index contributed by atoms with van der Waals surface area (Å²) in [6.07, 6.45) is 1.02. The standard InChI is InChI=1S/C18H17N3O5S/c1-11(21-17(23)14-8-3-4-9-15(14)18(21)24)16(22)19-12-6-5-7-13(10-12)20-27(2,25)26/h3-11,20H,1-2H3,(H,19,22)/t11-/m1/s1. The summed E-state index contributed by atoms with van der Waals surface area (Å²) in [4.78, 5) is 38.4. The lowest BCUT2D eigenvalue weighted by Crippen LogP contribution is -2.45. The molecule has 0 aliphatic carbocycles. The molecule has 2 aromatic rings. The van der Waals surface area contributed by atoms with Crippen LogP contribution in [0.4, 0.5) is 11.4 Å². The van der Waals surface area contributed by atoms with Crippen LogP contribution >= 0.6 is 0 Å². The van der Waals surface area contributed by atoms with Crippen LogP contribution in [-0.4, -0.2) is 43.3 Å². The second-order valence-corrected chi connectivity index (χ2v) is 7.89. The smallest absolute Gasteiger partial charge is 0.262 e. The molecule has 1 aliphatic heterocycles. The lowest BCUT2D eigenvalue weighted by Gasteiger charge is -2.21. The fourth-order valence-corrected chi connectivity index (χ4v) is 3.35. The maximum Gasteiger partial charge on any atom is 0.262 e. The van der Waals surface area contributed by atoms with Gasteiger partial charge in [0.25, 0.3) is 11.8 Å². The van der Waals surface area contributed by atoms with Crippen LogP contribution in [0.3, 0.4) is 0 Å². The summed E-state index contributed by atoms with van der Waals surface area (Å²) >= 11 is 0. The van der Waals surface area contributed by atoms with E-state index in [2.05, 4.69) is 10.0 Å². The van der Waals surface area contributed by atoms with Crippen molar-refractivity contribution in [2.45, 2.75) is 13.0 Å². The normalized spacial score (nSPS) is 14.7. The van der Waals surface area contributed by atoms with Crippen molar-refractivity contribution < 1.29 is 22.8 Å². The lowest BCUT2D eigenvalue weighted by atomic mass is 10.1. The number of nitrogens with zero attached hydrogens (tertiary/aromatic N) is 1. The Labute approximate surface area is 156 Å². The molecule has 1 atom stereocenters. The minimum atomic E-state index is -3.46. The molecule has 0 spiro atoms. The van der Waals surface area contributed by atoms with E-state index in [4.69, 9.17) is 0 Å². The van der Waals surface area contributed by atoms with Gasteiger partial charge in [-0.05, 0) is 37.3 Å². The van der Waals surface area contributed by atoms with Gasteiger partial charge in [-0.1, -0.05) is 18.2 Å². The van der Waals surface area contributed by atoms with E-state index in [0.717, 1.165) is 11.2 Å². The van der Waals surface area contributed by atoms with Crippen LogP contribution in [0.25, 0.3) is 0 Å². The third kappa shape index (κ3) is 3.82. The van der Waals surface area contributed by atoms with Gasteiger partial charge >= 0.3 is 0 Å². The first-order chi connectivity index (χ1) is 12.7. The van der Waals surface area contributed by atoms with E-state index in [1.54, 1.807) is 36.4 Å². The van der Waals surface area contributed by atoms with Crippen molar-refractivity contribution in [2.75, 3.05) is 16.3 Å². The third-order valence-corrected chi connectivity index (χ3v) is 4.63. The van der Waals surface area contributed by atoms with E-state index >= 15 is 0 Å². The second kappa shape index (κ2) is 6.84. The number of carbonyl (C=O) groups excluding carboxylic acids is 3. The van der Waals surface area contributed by atoms with Crippen LogP contribution in [0.1, 0.15) is 27.6 Å². The summed E-state index contributed by atoms with van der Waals surface area (Å²) in [7, 11) is -3.46. The highest BCUT2D eigenvalue weighted by Gasteiger charge is 2.40. The van der Waals surface area contributed by atoms with Crippen molar-refractivity contribution in [1.82, 2.24) is 4.90 Å². The number of hydrogen-bond acceptors (Lipinski definition) is 5. The van der Waals surface area contributed by atoms with Crippen LogP contribution in [0, 0.1) is 0 Å². The molecule has 9 heteroatoms. The molecule has 0 saturated heterocycles. The highest BCUT2D eigenvalue weighted by Crippen LogP contribution is 2.25. The third-order valence-electron chi connectivity index (χ3n) is 4.03. The Morgan fingerprint density at radius 2 is 1.52 bits per heavy atom. The van der Waals surface area contributed by atoms with Crippen molar-refractivity contribution in [3.63, 3.8) is 0 Å². The zero-order valence-corrected chi connectivity index (χ0v) is 15.4. The van der Waals surface area contributed by atoms with Gasteiger partial charge in [0.15, 0.2) is 0 Å². The van der Waals surface area contributed by atoms with Crippen molar-refractivity contribution in [1.29, 1.82) is 0 Å². The zero-order chi connectivity index (χ0) is 19.8. The van der Waals surface area contributed by atoms with Crippen LogP contribution in [0.5, 0.6) is 0 Å². The Balaban J connectivity index is 1.77. The van der Waals surface area contributed by atoms with Gasteiger partial charge in [-0.3, -0.25) is 24.0 Å². The monoisotopic (exact) mass is 387 g/mol. The Hall–Kier alpha value is -3.20. The number of fused-ring (bicyclic) bond motifs is 1. The molecule has 0 radical (unpaired) electrons. The van der Waals surface area contributed by atoms with Crippen LogP contribution in [0.15, 0.2) is 48.5 Å². The number of nitrogens with one attached hydrogen (secondary N) is 2. The zero-order valence-electron chi connectivity index (χ0n) is 14.6. The lowest BCUT2D eigenvalue weighted by molar-refractivity contribution is -0.119. The highest BCUT2D eigenvalue weighted by molar-refractivity contribution is 7.92. The molecule has 2 aromatic carbocycles. The van der Waals surface area contributed by atoms with E-state index in [9.17, 15) is 22.8 Å². The molecule has 0 unspecified atom stereocenters. The molecule has 2 N–H and O–H groups in total. The quantitative estimate of drug-likeness (QED) is 0.758. The predicted molar refractivity (Wildman–Crippen MR) is 99.9 cm³/mol. The molecule has 3 amide bonds.